The molecule has 0 bridgehead atoms. The molecule has 0 aliphatic heterocycles. The van der Waals surface area contributed by atoms with Crippen molar-refractivity contribution in [2.45, 2.75) is 26.9 Å². The van der Waals surface area contributed by atoms with Crippen molar-refractivity contribution in [3.05, 3.63) is 11.6 Å². The van der Waals surface area contributed by atoms with Crippen LogP contribution in [0.15, 0.2) is 6.07 Å². The molecule has 0 aliphatic rings. The topological polar surface area (TPSA) is 65.5 Å². The van der Waals surface area contributed by atoms with Gasteiger partial charge in [-0.1, -0.05) is 13.8 Å². The molecule has 3 N–H and O–H groups in total. The number of nitrogens with one attached hydrogen (secondary N) is 1. The predicted molar refractivity (Wildman–Crippen MR) is 53.2 cm³/mol. The maximum atomic E-state index is 9.24. The number of rotatable bonds is 5. The Labute approximate surface area is 83.5 Å². The first kappa shape index (κ1) is 10.9. The minimum atomic E-state index is -0.0371. The molecule has 14 heavy (non-hydrogen) atoms. The SMILES string of the molecule is CC(C)CCOCc1cc(O)[nH]c1O. The molecule has 4 nitrogen and oxygen atoms in total. The van der Waals surface area contributed by atoms with E-state index in [1.807, 2.05) is 0 Å². The van der Waals surface area contributed by atoms with E-state index in [2.05, 4.69) is 18.8 Å². The molecule has 0 amide bonds. The van der Waals surface area contributed by atoms with E-state index >= 15 is 0 Å². The van der Waals surface area contributed by atoms with E-state index in [4.69, 9.17) is 9.84 Å². The lowest BCUT2D eigenvalue weighted by Crippen LogP contribution is -1.98. The van der Waals surface area contributed by atoms with E-state index in [-0.39, 0.29) is 11.8 Å². The van der Waals surface area contributed by atoms with Crippen molar-refractivity contribution >= 4 is 0 Å². The van der Waals surface area contributed by atoms with Gasteiger partial charge in [-0.15, -0.1) is 0 Å². The van der Waals surface area contributed by atoms with Crippen LogP contribution in [-0.2, 0) is 11.3 Å². The standard InChI is InChI=1S/C10H17NO3/c1-7(2)3-4-14-6-8-5-9(12)11-10(8)13/h5,7,11-13H,3-4,6H2,1-2H3. The third kappa shape index (κ3) is 3.30. The van der Waals surface area contributed by atoms with Gasteiger partial charge < -0.3 is 14.9 Å². The number of H-pyrrole nitrogens is 1. The van der Waals surface area contributed by atoms with Gasteiger partial charge in [0.05, 0.1) is 6.61 Å². The number of aromatic hydroxyl groups is 2. The fraction of sp³-hybridized carbons (Fsp3) is 0.600. The van der Waals surface area contributed by atoms with Gasteiger partial charge in [-0.3, -0.25) is 4.98 Å². The van der Waals surface area contributed by atoms with Crippen LogP contribution in [0.2, 0.25) is 0 Å². The monoisotopic (exact) mass is 199 g/mol. The molecule has 0 unspecified atom stereocenters. The molecule has 0 saturated carbocycles. The van der Waals surface area contributed by atoms with E-state index in [1.165, 1.54) is 6.07 Å². The summed E-state index contributed by atoms with van der Waals surface area (Å²) in [6.45, 7) is 5.25. The third-order valence-corrected chi connectivity index (χ3v) is 1.96. The quantitative estimate of drug-likeness (QED) is 0.635. The maximum absolute atomic E-state index is 9.24. The summed E-state index contributed by atoms with van der Waals surface area (Å²) in [6.07, 6.45) is 0.997. The van der Waals surface area contributed by atoms with Crippen LogP contribution in [0.4, 0.5) is 0 Å². The first-order valence-corrected chi connectivity index (χ1v) is 4.77. The Morgan fingerprint density at radius 1 is 1.43 bits per heavy atom. The summed E-state index contributed by atoms with van der Waals surface area (Å²) in [6, 6.07) is 1.46. The zero-order valence-corrected chi connectivity index (χ0v) is 8.58. The van der Waals surface area contributed by atoms with Crippen LogP contribution in [0.25, 0.3) is 0 Å². The molecule has 0 saturated heterocycles. The van der Waals surface area contributed by atoms with Crippen LogP contribution >= 0.6 is 0 Å². The fourth-order valence-electron chi connectivity index (χ4n) is 1.08. The number of ether oxygens (including phenoxy) is 1. The highest BCUT2D eigenvalue weighted by molar-refractivity contribution is 5.31. The Balaban J connectivity index is 2.28. The molecular formula is C10H17NO3. The van der Waals surface area contributed by atoms with Gasteiger partial charge >= 0.3 is 0 Å². The van der Waals surface area contributed by atoms with E-state index in [0.29, 0.717) is 24.7 Å². The Hall–Kier alpha value is -1.16. The zero-order chi connectivity index (χ0) is 10.6. The Morgan fingerprint density at radius 3 is 2.64 bits per heavy atom. The van der Waals surface area contributed by atoms with Crippen molar-refractivity contribution < 1.29 is 14.9 Å². The van der Waals surface area contributed by atoms with Crippen molar-refractivity contribution in [3.63, 3.8) is 0 Å². The van der Waals surface area contributed by atoms with Crippen LogP contribution in [0.3, 0.4) is 0 Å². The smallest absolute Gasteiger partial charge is 0.196 e. The predicted octanol–water partition coefficient (Wildman–Crippen LogP) is 1.99. The lowest BCUT2D eigenvalue weighted by molar-refractivity contribution is 0.109. The second kappa shape index (κ2) is 4.91. The van der Waals surface area contributed by atoms with Gasteiger partial charge in [0.15, 0.2) is 11.8 Å². The van der Waals surface area contributed by atoms with Crippen LogP contribution < -0.4 is 0 Å². The van der Waals surface area contributed by atoms with Gasteiger partial charge in [-0.25, -0.2) is 0 Å². The van der Waals surface area contributed by atoms with Crippen molar-refractivity contribution in [1.29, 1.82) is 0 Å². The Bertz CT molecular complexity index is 281. The Morgan fingerprint density at radius 2 is 2.14 bits per heavy atom. The summed E-state index contributed by atoms with van der Waals surface area (Å²) < 4.78 is 5.33. The molecule has 0 radical (unpaired) electrons. The summed E-state index contributed by atoms with van der Waals surface area (Å²) >= 11 is 0. The average molecular weight is 199 g/mol. The molecule has 1 rings (SSSR count). The maximum Gasteiger partial charge on any atom is 0.196 e. The van der Waals surface area contributed by atoms with Gasteiger partial charge in [0.25, 0.3) is 0 Å². The molecule has 0 spiro atoms. The molecule has 0 aromatic carbocycles. The van der Waals surface area contributed by atoms with E-state index in [0.717, 1.165) is 6.42 Å². The molecule has 0 fully saturated rings. The fourth-order valence-corrected chi connectivity index (χ4v) is 1.08. The van der Waals surface area contributed by atoms with Gasteiger partial charge in [0, 0.05) is 18.2 Å². The van der Waals surface area contributed by atoms with Crippen LogP contribution in [-0.4, -0.2) is 21.8 Å². The van der Waals surface area contributed by atoms with Crippen molar-refractivity contribution in [3.8, 4) is 11.8 Å². The highest BCUT2D eigenvalue weighted by Crippen LogP contribution is 2.22. The Kier molecular flexibility index (Phi) is 3.83. The molecule has 1 heterocycles. The lowest BCUT2D eigenvalue weighted by Gasteiger charge is -2.05. The van der Waals surface area contributed by atoms with Crippen molar-refractivity contribution in [2.24, 2.45) is 5.92 Å². The summed E-state index contributed by atoms with van der Waals surface area (Å²) in [4.78, 5) is 2.39. The first-order chi connectivity index (χ1) is 6.59. The number of aromatic nitrogens is 1. The molecule has 80 valence electrons. The lowest BCUT2D eigenvalue weighted by atomic mass is 10.1. The molecular weight excluding hydrogens is 182 g/mol. The summed E-state index contributed by atoms with van der Waals surface area (Å²) in [5.74, 6) is 0.556. The second-order valence-corrected chi connectivity index (χ2v) is 3.76. The molecule has 0 atom stereocenters. The van der Waals surface area contributed by atoms with Gasteiger partial charge in [-0.05, 0) is 12.3 Å². The van der Waals surface area contributed by atoms with Crippen LogP contribution in [0, 0.1) is 5.92 Å². The number of aromatic amines is 1. The average Bonchev–Trinajstić information content (AvgIpc) is 2.39. The molecule has 0 aliphatic carbocycles. The molecule has 1 aromatic rings. The van der Waals surface area contributed by atoms with E-state index < -0.39 is 0 Å². The molecule has 1 aromatic heterocycles. The van der Waals surface area contributed by atoms with Crippen LogP contribution in [0.5, 0.6) is 11.8 Å². The normalized spacial score (nSPS) is 11.1. The van der Waals surface area contributed by atoms with Crippen molar-refractivity contribution in [2.75, 3.05) is 6.61 Å². The summed E-state index contributed by atoms with van der Waals surface area (Å²) in [7, 11) is 0. The van der Waals surface area contributed by atoms with Gasteiger partial charge in [0.1, 0.15) is 0 Å². The number of hydrogen-bond acceptors (Lipinski definition) is 3. The first-order valence-electron chi connectivity index (χ1n) is 4.77. The second-order valence-electron chi connectivity index (χ2n) is 3.76. The minimum Gasteiger partial charge on any atom is -0.495 e. The summed E-state index contributed by atoms with van der Waals surface area (Å²) in [5.41, 5.74) is 0.589. The molecule has 4 heteroatoms. The highest BCUT2D eigenvalue weighted by atomic mass is 16.5. The highest BCUT2D eigenvalue weighted by Gasteiger charge is 2.05. The summed E-state index contributed by atoms with van der Waals surface area (Å²) in [5, 5.41) is 18.3. The van der Waals surface area contributed by atoms with Gasteiger partial charge in [-0.2, -0.15) is 0 Å². The van der Waals surface area contributed by atoms with Crippen LogP contribution in [0.1, 0.15) is 25.8 Å². The number of hydrogen-bond donors (Lipinski definition) is 3. The van der Waals surface area contributed by atoms with E-state index in [9.17, 15) is 5.11 Å². The van der Waals surface area contributed by atoms with Crippen molar-refractivity contribution in [1.82, 2.24) is 4.98 Å². The van der Waals surface area contributed by atoms with Gasteiger partial charge in [0.2, 0.25) is 0 Å². The van der Waals surface area contributed by atoms with E-state index in [1.54, 1.807) is 0 Å². The zero-order valence-electron chi connectivity index (χ0n) is 8.58. The largest absolute Gasteiger partial charge is 0.495 e. The minimum absolute atomic E-state index is 0.0213. The third-order valence-electron chi connectivity index (χ3n) is 1.96.